The summed E-state index contributed by atoms with van der Waals surface area (Å²) in [5.74, 6) is 5.64. The van der Waals surface area contributed by atoms with Crippen molar-refractivity contribution in [3.63, 3.8) is 0 Å². The number of anilines is 11. The zero-order chi connectivity index (χ0) is 80.6. The van der Waals surface area contributed by atoms with Crippen molar-refractivity contribution in [3.05, 3.63) is 380 Å². The summed E-state index contributed by atoms with van der Waals surface area (Å²) in [5.41, 5.74) is 20.0. The Hall–Kier alpha value is -11.1. The van der Waals surface area contributed by atoms with Crippen molar-refractivity contribution in [2.45, 2.75) is 121 Å². The topological polar surface area (TPSA) is 71.1 Å². The molecule has 8 aliphatic rings. The van der Waals surface area contributed by atoms with E-state index in [2.05, 4.69) is 300 Å². The second-order valence-corrected chi connectivity index (χ2v) is 36.0. The molecule has 0 aliphatic heterocycles. The van der Waals surface area contributed by atoms with Crippen LogP contribution < -0.4 is 54.7 Å². The van der Waals surface area contributed by atoms with Crippen LogP contribution in [-0.2, 0) is 10.8 Å². The number of nitrogens with one attached hydrogen (secondary N) is 1. The van der Waals surface area contributed by atoms with E-state index in [4.69, 9.17) is 20.4 Å². The number of halogens is 1. The van der Waals surface area contributed by atoms with Crippen LogP contribution in [0, 0.1) is 42.4 Å². The number of nitrogens with zero attached hydrogens (tertiary/aromatic N) is 3. The van der Waals surface area contributed by atoms with E-state index >= 15 is 0 Å². The van der Waals surface area contributed by atoms with Crippen molar-refractivity contribution in [2.24, 2.45) is 35.5 Å². The molecule has 7 nitrogen and oxygen atoms in total. The Morgan fingerprint density at radius 3 is 1.02 bits per heavy atom. The molecule has 0 amide bonds. The molecule has 0 spiro atoms. The second-order valence-electron chi connectivity index (χ2n) is 35.6. The molecule has 120 heavy (non-hydrogen) atoms. The minimum absolute atomic E-state index is 0. The van der Waals surface area contributed by atoms with Crippen LogP contribution in [-0.4, -0.2) is 5.60 Å². The van der Waals surface area contributed by atoms with E-state index in [1.807, 2.05) is 84.9 Å². The van der Waals surface area contributed by atoms with Crippen LogP contribution in [0.3, 0.4) is 0 Å². The quantitative estimate of drug-likeness (QED) is 0.115. The molecule has 8 saturated carbocycles. The van der Waals surface area contributed by atoms with Crippen LogP contribution >= 0.6 is 11.6 Å². The SMILES string of the molecule is CC(C)(C)[O-].Cc1ccccc1.Clc1cc(N(c2ccccc2)c2ccccc2)c2oc3ccccc3c2c1.[Na+].c1ccc(N(c2cc(N(c3ccccc3)c3ccccc3)c3oc4ccccc4c3c2)c2ccc(C34CC5CC(CC(C5)C3)C4)c3ccccc23)cc1.c1ccc(Nc2ccc(C34CC5CC(CC(C5)C3)C4)c3ccccc23)cc1. The van der Waals surface area contributed by atoms with Gasteiger partial charge in [0.1, 0.15) is 11.2 Å². The Morgan fingerprint density at radius 2 is 0.625 bits per heavy atom. The molecule has 8 bridgehead atoms. The second kappa shape index (κ2) is 34.5. The molecule has 0 radical (unpaired) electrons. The molecule has 0 saturated heterocycles. The van der Waals surface area contributed by atoms with Crippen molar-refractivity contribution in [1.82, 2.24) is 0 Å². The molecular formula is C111H102ClN4NaO3. The van der Waals surface area contributed by atoms with Gasteiger partial charge in [-0.05, 0) is 274 Å². The summed E-state index contributed by atoms with van der Waals surface area (Å²) in [7, 11) is 0. The summed E-state index contributed by atoms with van der Waals surface area (Å²) in [5, 5.41) is 24.3. The normalized spacial score (nSPS) is 20.2. The average Bonchev–Trinajstić information content (AvgIpc) is 1.54. The molecule has 2 heterocycles. The molecule has 0 unspecified atom stereocenters. The molecular weight excluding hydrogens is 1500 g/mol. The predicted molar refractivity (Wildman–Crippen MR) is 498 cm³/mol. The van der Waals surface area contributed by atoms with E-state index in [9.17, 15) is 5.11 Å². The molecule has 0 atom stereocenters. The molecule has 8 aliphatic carbocycles. The first kappa shape index (κ1) is 80.0. The third-order valence-electron chi connectivity index (χ3n) is 26.0. The van der Waals surface area contributed by atoms with Crippen LogP contribution in [0.2, 0.25) is 5.02 Å². The fourth-order valence-electron chi connectivity index (χ4n) is 22.1. The summed E-state index contributed by atoms with van der Waals surface area (Å²) in [6.07, 6.45) is 17.2. The smallest absolute Gasteiger partial charge is 0.850 e. The van der Waals surface area contributed by atoms with Crippen LogP contribution in [0.4, 0.5) is 62.6 Å². The van der Waals surface area contributed by atoms with E-state index in [-0.39, 0.29) is 29.6 Å². The van der Waals surface area contributed by atoms with Gasteiger partial charge in [0.25, 0.3) is 0 Å². The molecule has 9 heteroatoms. The van der Waals surface area contributed by atoms with Crippen LogP contribution in [0.5, 0.6) is 0 Å². The Kier molecular flexibility index (Phi) is 23.0. The van der Waals surface area contributed by atoms with Crippen LogP contribution in [0.25, 0.3) is 65.4 Å². The average molecular weight is 1600 g/mol. The number of hydrogen-bond acceptors (Lipinski definition) is 7. The maximum absolute atomic E-state index is 10.1. The summed E-state index contributed by atoms with van der Waals surface area (Å²) in [6.45, 7) is 6.98. The third kappa shape index (κ3) is 16.6. The fraction of sp³-hybridized carbons (Fsp3) is 0.225. The zero-order valence-electron chi connectivity index (χ0n) is 69.5. The van der Waals surface area contributed by atoms with Crippen molar-refractivity contribution in [3.8, 4) is 0 Å². The number of fused-ring (bicyclic) bond motifs is 8. The first-order chi connectivity index (χ1) is 58.2. The van der Waals surface area contributed by atoms with Gasteiger partial charge < -0.3 is 34.0 Å². The first-order valence-electron chi connectivity index (χ1n) is 43.0. The monoisotopic (exact) mass is 1600 g/mol. The van der Waals surface area contributed by atoms with Crippen molar-refractivity contribution < 1.29 is 43.5 Å². The number of benzene rings is 15. The minimum atomic E-state index is -0.750. The van der Waals surface area contributed by atoms with E-state index in [1.165, 1.54) is 116 Å². The van der Waals surface area contributed by atoms with E-state index < -0.39 is 5.60 Å². The maximum atomic E-state index is 10.1. The summed E-state index contributed by atoms with van der Waals surface area (Å²) in [4.78, 5) is 6.99. The first-order valence-corrected chi connectivity index (χ1v) is 43.4. The van der Waals surface area contributed by atoms with Gasteiger partial charge in [-0.2, -0.15) is 0 Å². The minimum Gasteiger partial charge on any atom is -0.850 e. The number of rotatable bonds is 13. The van der Waals surface area contributed by atoms with Gasteiger partial charge in [0, 0.05) is 82.8 Å². The molecule has 15 aromatic carbocycles. The van der Waals surface area contributed by atoms with Crippen LogP contribution in [0.15, 0.2) is 367 Å². The van der Waals surface area contributed by atoms with Gasteiger partial charge in [0.15, 0.2) is 11.2 Å². The van der Waals surface area contributed by atoms with Gasteiger partial charge in [-0.1, -0.05) is 275 Å². The molecule has 2 aromatic heterocycles. The van der Waals surface area contributed by atoms with Gasteiger partial charge in [0.05, 0.1) is 17.1 Å². The van der Waals surface area contributed by atoms with Crippen molar-refractivity contribution in [2.75, 3.05) is 20.0 Å². The van der Waals surface area contributed by atoms with Gasteiger partial charge in [0.2, 0.25) is 0 Å². The predicted octanol–water partition coefficient (Wildman–Crippen LogP) is 28.1. The summed E-state index contributed by atoms with van der Waals surface area (Å²) >= 11 is 6.53. The largest absolute Gasteiger partial charge is 1.00 e. The van der Waals surface area contributed by atoms with Crippen molar-refractivity contribution >= 4 is 140 Å². The molecule has 8 fully saturated rings. The Labute approximate surface area is 733 Å². The standard InChI is InChI=1S/C50H42N2O.C26H27N.C24H16ClNO.C7H8.C4H9O.Na/c1-4-14-37(15-5-1)51(38-16-6-2-7-17-38)47-30-40(29-44-43-22-12-13-23-48(43)53-49(44)47)52(39-18-8-3-9-19-39)46-25-24-45(41-20-10-11-21-42(41)46)50-31-34-26-35(32-50)28-36(27-34)33-50;1-2-6-21(7-3-1)27-25-11-10-24(22-8-4-5-9-23(22)25)26-15-18-12-19(16-26)14-20(13-18)17-26;25-17-15-21-20-13-7-8-14-23(20)27-24(21)22(16-17)26(18-9-3-1-4-10-18)19-11-5-2-6-12-19;1-7-5-3-2-4-6-7;1-4(2,3)5;/h1-25,29-30,34-36H,26-28,31-33H2;1-11,18-20,27H,12-17H2;1-16H;2-6H,1H3;1-3H3;/q;;;;-1;+1. The van der Waals surface area contributed by atoms with Crippen LogP contribution in [0.1, 0.15) is 115 Å². The molecule has 1 N–H and O–H groups in total. The number of hydrogen-bond donors (Lipinski definition) is 1. The molecule has 592 valence electrons. The Bertz CT molecular complexity index is 6240. The number of para-hydroxylation sites is 8. The van der Waals surface area contributed by atoms with E-state index in [0.717, 1.165) is 131 Å². The van der Waals surface area contributed by atoms with Crippen molar-refractivity contribution in [1.29, 1.82) is 0 Å². The molecule has 17 aromatic rings. The Balaban J connectivity index is 0.000000124. The fourth-order valence-corrected chi connectivity index (χ4v) is 22.3. The maximum Gasteiger partial charge on any atom is 1.00 e. The van der Waals surface area contributed by atoms with E-state index in [0.29, 0.717) is 15.9 Å². The zero-order valence-corrected chi connectivity index (χ0v) is 72.2. The third-order valence-corrected chi connectivity index (χ3v) is 26.2. The number of furan rings is 2. The summed E-state index contributed by atoms with van der Waals surface area (Å²) < 4.78 is 13.1. The van der Waals surface area contributed by atoms with E-state index in [1.54, 1.807) is 31.9 Å². The molecule has 25 rings (SSSR count). The van der Waals surface area contributed by atoms with Gasteiger partial charge in [-0.3, -0.25) is 0 Å². The van der Waals surface area contributed by atoms with Gasteiger partial charge in [-0.25, -0.2) is 0 Å². The Morgan fingerprint density at radius 1 is 0.317 bits per heavy atom. The van der Waals surface area contributed by atoms with Gasteiger partial charge >= 0.3 is 29.6 Å². The number of aryl methyl sites for hydroxylation is 1. The van der Waals surface area contributed by atoms with Gasteiger partial charge in [-0.15, -0.1) is 5.60 Å². The summed E-state index contributed by atoms with van der Waals surface area (Å²) in [6, 6.07) is 127.